The maximum absolute atomic E-state index is 9.24. The number of likely N-dealkylation sites (tertiary alicyclic amines) is 3. The Morgan fingerprint density at radius 1 is 0.435 bits per heavy atom. The van der Waals surface area contributed by atoms with Crippen molar-refractivity contribution in [2.75, 3.05) is 99.4 Å². The van der Waals surface area contributed by atoms with Crippen LogP contribution in [0.15, 0.2) is 0 Å². The second-order valence-corrected chi connectivity index (χ2v) is 14.5. The number of likely N-dealkylation sites (N-methyl/N-ethyl adjacent to an activating group) is 1. The van der Waals surface area contributed by atoms with E-state index in [1.807, 2.05) is 13.8 Å². The van der Waals surface area contributed by atoms with Gasteiger partial charge in [0.25, 0.3) is 0 Å². The molecule has 4 heterocycles. The Kier molecular flexibility index (Phi) is 26.0. The van der Waals surface area contributed by atoms with Gasteiger partial charge in [0, 0.05) is 65.4 Å². The SMILES string of the molecule is CC(C)OCN1CCC(O)CC1.CC(C)OCN1CCCCC1.CC(C)OCN1CCCCC1.CC(C)OCN1CCN(C)CC1. The minimum Gasteiger partial charge on any atom is -0.393 e. The van der Waals surface area contributed by atoms with Crippen LogP contribution in [0.4, 0.5) is 0 Å². The highest BCUT2D eigenvalue weighted by atomic mass is 16.5. The van der Waals surface area contributed by atoms with E-state index in [1.54, 1.807) is 0 Å². The molecule has 0 atom stereocenters. The predicted molar refractivity (Wildman–Crippen MR) is 191 cm³/mol. The number of piperazine rings is 1. The minimum atomic E-state index is -0.0831. The number of ether oxygens (including phenoxy) is 4. The summed E-state index contributed by atoms with van der Waals surface area (Å²) < 4.78 is 22.0. The lowest BCUT2D eigenvalue weighted by Crippen LogP contribution is -2.45. The van der Waals surface area contributed by atoms with Gasteiger partial charge >= 0.3 is 0 Å². The lowest BCUT2D eigenvalue weighted by atomic mass is 10.1. The fourth-order valence-electron chi connectivity index (χ4n) is 5.22. The molecule has 276 valence electrons. The number of rotatable bonds is 12. The van der Waals surface area contributed by atoms with Crippen molar-refractivity contribution in [2.24, 2.45) is 0 Å². The molecule has 0 aliphatic carbocycles. The van der Waals surface area contributed by atoms with Crippen LogP contribution in [-0.4, -0.2) is 160 Å². The maximum Gasteiger partial charge on any atom is 0.0994 e. The molecule has 0 aromatic heterocycles. The largest absolute Gasteiger partial charge is 0.393 e. The van der Waals surface area contributed by atoms with E-state index in [0.717, 1.165) is 59.2 Å². The summed E-state index contributed by atoms with van der Waals surface area (Å²) in [7, 11) is 2.17. The van der Waals surface area contributed by atoms with Crippen LogP contribution in [0.5, 0.6) is 0 Å². The van der Waals surface area contributed by atoms with E-state index in [0.29, 0.717) is 31.1 Å². The Balaban J connectivity index is 0.000000307. The summed E-state index contributed by atoms with van der Waals surface area (Å²) >= 11 is 0. The van der Waals surface area contributed by atoms with Crippen molar-refractivity contribution in [2.45, 2.75) is 137 Å². The van der Waals surface area contributed by atoms with Gasteiger partial charge in [-0.05, 0) is 101 Å². The first-order chi connectivity index (χ1) is 21.9. The first kappa shape index (κ1) is 43.6. The van der Waals surface area contributed by atoms with E-state index in [2.05, 4.69) is 73.1 Å². The Morgan fingerprint density at radius 3 is 1.02 bits per heavy atom. The molecule has 1 N–H and O–H groups in total. The van der Waals surface area contributed by atoms with Gasteiger partial charge in [-0.3, -0.25) is 19.6 Å². The van der Waals surface area contributed by atoms with Gasteiger partial charge in [-0.15, -0.1) is 0 Å². The highest BCUT2D eigenvalue weighted by Crippen LogP contribution is 2.11. The van der Waals surface area contributed by atoms with Crippen molar-refractivity contribution < 1.29 is 24.1 Å². The van der Waals surface area contributed by atoms with Crippen molar-refractivity contribution in [1.29, 1.82) is 0 Å². The van der Waals surface area contributed by atoms with Gasteiger partial charge in [0.2, 0.25) is 0 Å². The summed E-state index contributed by atoms with van der Waals surface area (Å²) in [5.74, 6) is 0. The molecule has 4 rings (SSSR count). The third-order valence-electron chi connectivity index (χ3n) is 8.41. The van der Waals surface area contributed by atoms with Crippen LogP contribution in [-0.2, 0) is 18.9 Å². The van der Waals surface area contributed by atoms with Crippen LogP contribution in [0, 0.1) is 0 Å². The molecule has 4 fully saturated rings. The Morgan fingerprint density at radius 2 is 0.717 bits per heavy atom. The number of aliphatic hydroxyl groups excluding tert-OH is 1. The van der Waals surface area contributed by atoms with E-state index in [-0.39, 0.29) is 6.10 Å². The Hall–Kier alpha value is -0.400. The fraction of sp³-hybridized carbons (Fsp3) is 1.00. The molecule has 10 nitrogen and oxygen atoms in total. The van der Waals surface area contributed by atoms with Crippen LogP contribution >= 0.6 is 0 Å². The molecule has 10 heteroatoms. The van der Waals surface area contributed by atoms with E-state index < -0.39 is 0 Å². The molecular weight excluding hydrogens is 582 g/mol. The molecule has 4 aliphatic heterocycles. The lowest BCUT2D eigenvalue weighted by molar-refractivity contribution is -0.0306. The Labute approximate surface area is 285 Å². The first-order valence-corrected chi connectivity index (χ1v) is 18.7. The summed E-state index contributed by atoms with van der Waals surface area (Å²) in [6.07, 6.45) is 11.3. The maximum atomic E-state index is 9.24. The number of nitrogens with zero attached hydrogens (tertiary/aromatic N) is 5. The third kappa shape index (κ3) is 25.6. The first-order valence-electron chi connectivity index (χ1n) is 18.7. The van der Waals surface area contributed by atoms with Gasteiger partial charge in [-0.2, -0.15) is 0 Å². The molecule has 0 radical (unpaired) electrons. The van der Waals surface area contributed by atoms with E-state index >= 15 is 0 Å². The van der Waals surface area contributed by atoms with Crippen LogP contribution in [0.3, 0.4) is 0 Å². The van der Waals surface area contributed by atoms with Crippen LogP contribution in [0.25, 0.3) is 0 Å². The molecule has 0 aromatic carbocycles. The normalized spacial score (nSPS) is 21.5. The smallest absolute Gasteiger partial charge is 0.0994 e. The van der Waals surface area contributed by atoms with Gasteiger partial charge in [0.1, 0.15) is 0 Å². The molecule has 0 amide bonds. The van der Waals surface area contributed by atoms with Crippen LogP contribution < -0.4 is 0 Å². The zero-order valence-electron chi connectivity index (χ0n) is 31.8. The van der Waals surface area contributed by atoms with Crippen molar-refractivity contribution in [3.05, 3.63) is 0 Å². The third-order valence-corrected chi connectivity index (χ3v) is 8.41. The van der Waals surface area contributed by atoms with E-state index in [9.17, 15) is 5.11 Å². The standard InChI is InChI=1S/C9H20N2O.C9H19NO2.2C9H19NO/c1-9(2)12-8-11-6-4-10(3)5-7-11;1-8(2)12-7-10-5-3-9(11)4-6-10;2*1-9(2)11-8-10-6-4-3-5-7-10/h9H,4-8H2,1-3H3;8-9,11H,3-7H2,1-2H3;2*9H,3-8H2,1-2H3. The average Bonchev–Trinajstić information content (AvgIpc) is 3.04. The second-order valence-electron chi connectivity index (χ2n) is 14.5. The molecule has 0 spiro atoms. The fourth-order valence-corrected chi connectivity index (χ4v) is 5.22. The van der Waals surface area contributed by atoms with Gasteiger partial charge in [-0.1, -0.05) is 12.8 Å². The molecule has 0 unspecified atom stereocenters. The number of piperidine rings is 3. The predicted octanol–water partition coefficient (Wildman–Crippen LogP) is 5.15. The summed E-state index contributed by atoms with van der Waals surface area (Å²) in [4.78, 5) is 11.7. The highest BCUT2D eigenvalue weighted by Gasteiger charge is 2.17. The molecule has 0 saturated carbocycles. The molecule has 0 bridgehead atoms. The Bertz CT molecular complexity index is 603. The summed E-state index contributed by atoms with van der Waals surface area (Å²) in [6, 6.07) is 0. The zero-order valence-corrected chi connectivity index (χ0v) is 31.8. The minimum absolute atomic E-state index is 0.0831. The van der Waals surface area contributed by atoms with Crippen molar-refractivity contribution >= 4 is 0 Å². The molecule has 46 heavy (non-hydrogen) atoms. The molecule has 4 aliphatic rings. The van der Waals surface area contributed by atoms with E-state index in [1.165, 1.54) is 77.8 Å². The van der Waals surface area contributed by atoms with Gasteiger partial charge in [0.05, 0.1) is 57.4 Å². The van der Waals surface area contributed by atoms with Crippen LogP contribution in [0.1, 0.15) is 107 Å². The zero-order chi connectivity index (χ0) is 34.2. The molecule has 0 aromatic rings. The number of hydrogen-bond donors (Lipinski definition) is 1. The van der Waals surface area contributed by atoms with Crippen LogP contribution in [0.2, 0.25) is 0 Å². The quantitative estimate of drug-likeness (QED) is 0.304. The second kappa shape index (κ2) is 27.4. The molecular formula is C36H77N5O5. The van der Waals surface area contributed by atoms with E-state index in [4.69, 9.17) is 18.9 Å². The molecule has 4 saturated heterocycles. The monoisotopic (exact) mass is 660 g/mol. The van der Waals surface area contributed by atoms with Gasteiger partial charge < -0.3 is 29.0 Å². The highest BCUT2D eigenvalue weighted by molar-refractivity contribution is 4.69. The van der Waals surface area contributed by atoms with Gasteiger partial charge in [0.15, 0.2) is 0 Å². The average molecular weight is 660 g/mol. The topological polar surface area (TPSA) is 73.3 Å². The van der Waals surface area contributed by atoms with Crippen molar-refractivity contribution in [3.63, 3.8) is 0 Å². The number of hydrogen-bond acceptors (Lipinski definition) is 10. The van der Waals surface area contributed by atoms with Crippen molar-refractivity contribution in [3.8, 4) is 0 Å². The summed E-state index contributed by atoms with van der Waals surface area (Å²) in [6.45, 7) is 31.2. The lowest BCUT2D eigenvalue weighted by Gasteiger charge is -2.32. The number of aliphatic hydroxyl groups is 1. The summed E-state index contributed by atoms with van der Waals surface area (Å²) in [5, 5.41) is 9.24. The summed E-state index contributed by atoms with van der Waals surface area (Å²) in [5.41, 5.74) is 0. The van der Waals surface area contributed by atoms with Gasteiger partial charge in [-0.25, -0.2) is 0 Å². The van der Waals surface area contributed by atoms with Crippen molar-refractivity contribution in [1.82, 2.24) is 24.5 Å².